The topological polar surface area (TPSA) is 52.4 Å². The largest absolute Gasteiger partial charge is 0.485 e. The van der Waals surface area contributed by atoms with Crippen LogP contribution in [0.4, 0.5) is 5.69 Å². The number of para-hydroxylation sites is 1. The van der Waals surface area contributed by atoms with Crippen molar-refractivity contribution in [1.29, 1.82) is 0 Å². The van der Waals surface area contributed by atoms with Gasteiger partial charge in [0.2, 0.25) is 5.75 Å². The summed E-state index contributed by atoms with van der Waals surface area (Å²) in [6.45, 7) is 2.45. The number of rotatable bonds is 6. The Morgan fingerprint density at radius 1 is 1.59 bits per heavy atom. The predicted molar refractivity (Wildman–Crippen MR) is 71.2 cm³/mol. The lowest BCUT2D eigenvalue weighted by molar-refractivity contribution is -0.385. The van der Waals surface area contributed by atoms with Crippen molar-refractivity contribution >= 4 is 33.2 Å². The Balaban J connectivity index is 2.85. The molecule has 17 heavy (non-hydrogen) atoms. The first-order valence-corrected chi connectivity index (χ1v) is 6.71. The molecule has 0 heterocycles. The molecular weight excluding hydrogens is 309 g/mol. The molecule has 0 bridgehead atoms. The lowest BCUT2D eigenvalue weighted by Gasteiger charge is -2.13. The van der Waals surface area contributed by atoms with Gasteiger partial charge in [-0.3, -0.25) is 10.1 Å². The number of nitrogens with zero attached hydrogens (tertiary/aromatic N) is 1. The van der Waals surface area contributed by atoms with Crippen molar-refractivity contribution in [2.45, 2.75) is 13.3 Å². The van der Waals surface area contributed by atoms with Crippen molar-refractivity contribution in [3.05, 3.63) is 33.3 Å². The highest BCUT2D eigenvalue weighted by molar-refractivity contribution is 9.09. The molecule has 6 heteroatoms. The third-order valence-electron chi connectivity index (χ3n) is 2.40. The van der Waals surface area contributed by atoms with E-state index in [1.165, 1.54) is 12.1 Å². The summed E-state index contributed by atoms with van der Waals surface area (Å²) in [5, 5.41) is 11.9. The van der Waals surface area contributed by atoms with Crippen LogP contribution in [-0.4, -0.2) is 16.9 Å². The molecule has 0 saturated carbocycles. The van der Waals surface area contributed by atoms with Gasteiger partial charge in [-0.1, -0.05) is 40.5 Å². The lowest BCUT2D eigenvalue weighted by atomic mass is 10.1. The highest BCUT2D eigenvalue weighted by atomic mass is 79.9. The quantitative estimate of drug-likeness (QED) is 0.451. The Morgan fingerprint density at radius 2 is 2.29 bits per heavy atom. The third-order valence-corrected chi connectivity index (χ3v) is 3.62. The highest BCUT2D eigenvalue weighted by Gasteiger charge is 2.19. The van der Waals surface area contributed by atoms with Crippen LogP contribution in [0.3, 0.4) is 0 Å². The fourth-order valence-electron chi connectivity index (χ4n) is 1.26. The van der Waals surface area contributed by atoms with Gasteiger partial charge in [-0.15, -0.1) is 0 Å². The fourth-order valence-corrected chi connectivity index (χ4v) is 2.13. The molecule has 0 aliphatic carbocycles. The van der Waals surface area contributed by atoms with Crippen LogP contribution < -0.4 is 4.74 Å². The maximum absolute atomic E-state index is 10.8. The van der Waals surface area contributed by atoms with E-state index in [1.54, 1.807) is 6.07 Å². The van der Waals surface area contributed by atoms with E-state index in [4.69, 9.17) is 16.3 Å². The van der Waals surface area contributed by atoms with Crippen LogP contribution in [0.5, 0.6) is 5.75 Å². The number of alkyl halides is 1. The van der Waals surface area contributed by atoms with Crippen molar-refractivity contribution in [3.8, 4) is 5.75 Å². The molecule has 0 aliphatic rings. The van der Waals surface area contributed by atoms with E-state index < -0.39 is 4.92 Å². The molecule has 0 spiro atoms. The van der Waals surface area contributed by atoms with Gasteiger partial charge in [0.25, 0.3) is 0 Å². The molecule has 0 aliphatic heterocycles. The van der Waals surface area contributed by atoms with Crippen LogP contribution in [0.2, 0.25) is 5.02 Å². The van der Waals surface area contributed by atoms with Crippen molar-refractivity contribution in [3.63, 3.8) is 0 Å². The second kappa shape index (κ2) is 6.81. The molecule has 1 aromatic carbocycles. The molecule has 4 nitrogen and oxygen atoms in total. The van der Waals surface area contributed by atoms with Crippen LogP contribution in [0.1, 0.15) is 13.3 Å². The smallest absolute Gasteiger partial charge is 0.312 e. The molecule has 1 unspecified atom stereocenters. The summed E-state index contributed by atoms with van der Waals surface area (Å²) in [4.78, 5) is 10.3. The summed E-state index contributed by atoms with van der Waals surface area (Å²) in [7, 11) is 0. The molecule has 0 N–H and O–H groups in total. The van der Waals surface area contributed by atoms with Gasteiger partial charge in [0.15, 0.2) is 0 Å². The summed E-state index contributed by atoms with van der Waals surface area (Å²) in [5.41, 5.74) is -0.0954. The molecule has 1 aromatic rings. The summed E-state index contributed by atoms with van der Waals surface area (Å²) in [6.07, 6.45) is 0.934. The van der Waals surface area contributed by atoms with E-state index in [9.17, 15) is 10.1 Å². The number of ether oxygens (including phenoxy) is 1. The van der Waals surface area contributed by atoms with Crippen LogP contribution in [0, 0.1) is 16.0 Å². The number of hydrogen-bond donors (Lipinski definition) is 0. The first-order valence-electron chi connectivity index (χ1n) is 5.21. The van der Waals surface area contributed by atoms with Gasteiger partial charge >= 0.3 is 5.69 Å². The second-order valence-corrected chi connectivity index (χ2v) is 4.64. The summed E-state index contributed by atoms with van der Waals surface area (Å²) >= 11 is 9.27. The summed E-state index contributed by atoms with van der Waals surface area (Å²) < 4.78 is 5.47. The van der Waals surface area contributed by atoms with Crippen molar-refractivity contribution in [2.24, 2.45) is 5.92 Å². The fraction of sp³-hybridized carbons (Fsp3) is 0.455. The van der Waals surface area contributed by atoms with E-state index >= 15 is 0 Å². The Bertz CT molecular complexity index is 396. The number of nitro groups is 1. The zero-order valence-electron chi connectivity index (χ0n) is 9.36. The predicted octanol–water partition coefficient (Wildman–Crippen LogP) is 4.05. The minimum Gasteiger partial charge on any atom is -0.485 e. The van der Waals surface area contributed by atoms with Gasteiger partial charge in [0, 0.05) is 17.3 Å². The minimum atomic E-state index is -0.490. The minimum absolute atomic E-state index is 0.0954. The molecule has 0 fully saturated rings. The van der Waals surface area contributed by atoms with E-state index in [-0.39, 0.29) is 16.5 Å². The summed E-state index contributed by atoms with van der Waals surface area (Å²) in [6, 6.07) is 4.50. The molecule has 0 radical (unpaired) electrons. The van der Waals surface area contributed by atoms with E-state index in [0.717, 1.165) is 11.8 Å². The second-order valence-electron chi connectivity index (χ2n) is 3.58. The first kappa shape index (κ1) is 14.3. The van der Waals surface area contributed by atoms with Gasteiger partial charge in [0.1, 0.15) is 0 Å². The Hall–Kier alpha value is -0.810. The normalized spacial score (nSPS) is 12.2. The first-order chi connectivity index (χ1) is 8.10. The molecule has 94 valence electrons. The van der Waals surface area contributed by atoms with Crippen LogP contribution in [0.15, 0.2) is 18.2 Å². The zero-order chi connectivity index (χ0) is 12.8. The molecule has 1 atom stereocenters. The number of hydrogen-bond acceptors (Lipinski definition) is 3. The van der Waals surface area contributed by atoms with E-state index in [2.05, 4.69) is 15.9 Å². The molecule has 0 amide bonds. The van der Waals surface area contributed by atoms with E-state index in [0.29, 0.717) is 12.5 Å². The van der Waals surface area contributed by atoms with Gasteiger partial charge in [-0.25, -0.2) is 0 Å². The third kappa shape index (κ3) is 3.85. The monoisotopic (exact) mass is 321 g/mol. The van der Waals surface area contributed by atoms with Crippen LogP contribution >= 0.6 is 27.5 Å². The molecule has 0 saturated heterocycles. The SMILES string of the molecule is CCC(CBr)COc1c(Cl)cccc1[N+](=O)[O-]. The van der Waals surface area contributed by atoms with Crippen LogP contribution in [-0.2, 0) is 0 Å². The molecular formula is C11H13BrClNO3. The maximum atomic E-state index is 10.8. The Kier molecular flexibility index (Phi) is 5.71. The van der Waals surface area contributed by atoms with Gasteiger partial charge in [-0.05, 0) is 12.5 Å². The number of halogens is 2. The van der Waals surface area contributed by atoms with Gasteiger partial charge in [-0.2, -0.15) is 0 Å². The van der Waals surface area contributed by atoms with Crippen molar-refractivity contribution < 1.29 is 9.66 Å². The van der Waals surface area contributed by atoms with E-state index in [1.807, 2.05) is 6.92 Å². The van der Waals surface area contributed by atoms with Gasteiger partial charge < -0.3 is 4.74 Å². The Labute approximate surface area is 113 Å². The maximum Gasteiger partial charge on any atom is 0.312 e. The zero-order valence-corrected chi connectivity index (χ0v) is 11.7. The molecule has 0 aromatic heterocycles. The van der Waals surface area contributed by atoms with Crippen LogP contribution in [0.25, 0.3) is 0 Å². The average Bonchev–Trinajstić information content (AvgIpc) is 2.31. The standard InChI is InChI=1S/C11H13BrClNO3/c1-2-8(6-12)7-17-11-9(13)4-3-5-10(11)14(15)16/h3-5,8H,2,6-7H2,1H3. The summed E-state index contributed by atoms with van der Waals surface area (Å²) in [5.74, 6) is 0.462. The number of nitro benzene ring substituents is 1. The average molecular weight is 323 g/mol. The number of benzene rings is 1. The molecule has 1 rings (SSSR count). The van der Waals surface area contributed by atoms with Crippen molar-refractivity contribution in [2.75, 3.05) is 11.9 Å². The lowest BCUT2D eigenvalue weighted by Crippen LogP contribution is -2.13. The van der Waals surface area contributed by atoms with Crippen molar-refractivity contribution in [1.82, 2.24) is 0 Å². The Morgan fingerprint density at radius 3 is 2.82 bits per heavy atom. The van der Waals surface area contributed by atoms with Gasteiger partial charge in [0.05, 0.1) is 16.6 Å². The highest BCUT2D eigenvalue weighted by Crippen LogP contribution is 2.34.